The predicted octanol–water partition coefficient (Wildman–Crippen LogP) is 2.11. The number of nitrogens with zero attached hydrogens (tertiary/aromatic N) is 1. The van der Waals surface area contributed by atoms with Crippen molar-refractivity contribution in [3.05, 3.63) is 35.6 Å². The molecule has 6 heteroatoms. The van der Waals surface area contributed by atoms with E-state index in [2.05, 4.69) is 5.32 Å². The molecule has 6 nitrogen and oxygen atoms in total. The summed E-state index contributed by atoms with van der Waals surface area (Å²) in [6, 6.07) is 7.59. The number of carbonyl (C=O) groups excluding carboxylic acids is 2. The van der Waals surface area contributed by atoms with E-state index in [1.807, 2.05) is 38.1 Å². The van der Waals surface area contributed by atoms with E-state index >= 15 is 0 Å². The molecular weight excluding hydrogens is 320 g/mol. The van der Waals surface area contributed by atoms with Crippen LogP contribution in [0.3, 0.4) is 0 Å². The van der Waals surface area contributed by atoms with Gasteiger partial charge in [-0.1, -0.05) is 18.2 Å². The van der Waals surface area contributed by atoms with Gasteiger partial charge in [0.2, 0.25) is 5.91 Å². The molecule has 2 fully saturated rings. The molecule has 0 aliphatic carbocycles. The van der Waals surface area contributed by atoms with E-state index in [0.717, 1.165) is 17.4 Å². The van der Waals surface area contributed by atoms with Gasteiger partial charge in [-0.3, -0.25) is 9.59 Å². The van der Waals surface area contributed by atoms with Crippen LogP contribution in [0.1, 0.15) is 29.5 Å². The monoisotopic (exact) mass is 342 g/mol. The number of hydrogen-bond donors (Lipinski definition) is 1. The van der Waals surface area contributed by atoms with Gasteiger partial charge in [0, 0.05) is 24.0 Å². The highest BCUT2D eigenvalue weighted by Gasteiger charge is 2.38. The Morgan fingerprint density at radius 1 is 1.24 bits per heavy atom. The summed E-state index contributed by atoms with van der Waals surface area (Å²) in [7, 11) is 0. The lowest BCUT2D eigenvalue weighted by molar-refractivity contribution is -0.140. The van der Waals surface area contributed by atoms with Crippen LogP contribution in [0, 0.1) is 12.8 Å². The average molecular weight is 342 g/mol. The minimum atomic E-state index is -0.219. The van der Waals surface area contributed by atoms with Gasteiger partial charge in [-0.15, -0.1) is 0 Å². The van der Waals surface area contributed by atoms with Gasteiger partial charge >= 0.3 is 0 Å². The van der Waals surface area contributed by atoms with Crippen LogP contribution < -0.4 is 5.32 Å². The molecule has 2 aliphatic rings. The van der Waals surface area contributed by atoms with Crippen LogP contribution in [0.2, 0.25) is 0 Å². The molecule has 2 aromatic rings. The Bertz CT molecular complexity index is 822. The van der Waals surface area contributed by atoms with Crippen molar-refractivity contribution in [3.63, 3.8) is 0 Å². The number of fused-ring (bicyclic) bond motifs is 1. The first-order chi connectivity index (χ1) is 12.0. The molecule has 1 N–H and O–H groups in total. The third-order valence-corrected chi connectivity index (χ3v) is 5.13. The number of amides is 2. The molecule has 25 heavy (non-hydrogen) atoms. The fraction of sp³-hybridized carbons (Fsp3) is 0.474. The maximum atomic E-state index is 12.5. The fourth-order valence-electron chi connectivity index (χ4n) is 3.64. The van der Waals surface area contributed by atoms with Crippen LogP contribution in [0.15, 0.2) is 28.7 Å². The zero-order chi connectivity index (χ0) is 17.6. The second kappa shape index (κ2) is 6.19. The lowest BCUT2D eigenvalue weighted by Gasteiger charge is -2.40. The summed E-state index contributed by atoms with van der Waals surface area (Å²) in [4.78, 5) is 26.6. The van der Waals surface area contributed by atoms with E-state index in [1.165, 1.54) is 0 Å². The van der Waals surface area contributed by atoms with Gasteiger partial charge in [-0.2, -0.15) is 0 Å². The first-order valence-electron chi connectivity index (χ1n) is 8.72. The summed E-state index contributed by atoms with van der Waals surface area (Å²) < 4.78 is 11.2. The number of hydrogen-bond acceptors (Lipinski definition) is 4. The van der Waals surface area contributed by atoms with E-state index < -0.39 is 0 Å². The third-order valence-electron chi connectivity index (χ3n) is 5.13. The van der Waals surface area contributed by atoms with Crippen LogP contribution in [-0.2, 0) is 9.53 Å². The zero-order valence-corrected chi connectivity index (χ0v) is 14.5. The predicted molar refractivity (Wildman–Crippen MR) is 92.3 cm³/mol. The second-order valence-corrected chi connectivity index (χ2v) is 7.04. The van der Waals surface area contributed by atoms with Crippen molar-refractivity contribution >= 4 is 22.8 Å². The Hall–Kier alpha value is -2.34. The summed E-state index contributed by atoms with van der Waals surface area (Å²) >= 11 is 0. The van der Waals surface area contributed by atoms with Crippen LogP contribution in [0.5, 0.6) is 0 Å². The molecule has 0 spiro atoms. The van der Waals surface area contributed by atoms with Gasteiger partial charge in [0.25, 0.3) is 5.91 Å². The number of para-hydroxylation sites is 1. The van der Waals surface area contributed by atoms with E-state index in [4.69, 9.17) is 9.15 Å². The zero-order valence-electron chi connectivity index (χ0n) is 14.5. The highest BCUT2D eigenvalue weighted by atomic mass is 16.5. The minimum absolute atomic E-state index is 0.0243. The first-order valence-corrected chi connectivity index (χ1v) is 8.72. The van der Waals surface area contributed by atoms with Gasteiger partial charge in [0.15, 0.2) is 5.76 Å². The minimum Gasteiger partial charge on any atom is -0.451 e. The fourth-order valence-corrected chi connectivity index (χ4v) is 3.64. The topological polar surface area (TPSA) is 71.8 Å². The van der Waals surface area contributed by atoms with E-state index in [1.54, 1.807) is 4.90 Å². The summed E-state index contributed by atoms with van der Waals surface area (Å²) in [6.45, 7) is 5.48. The number of ether oxygens (including phenoxy) is 1. The lowest BCUT2D eigenvalue weighted by Crippen LogP contribution is -2.62. The van der Waals surface area contributed by atoms with Crippen molar-refractivity contribution in [1.29, 1.82) is 0 Å². The molecule has 0 saturated carbocycles. The molecule has 2 atom stereocenters. The van der Waals surface area contributed by atoms with Gasteiger partial charge in [-0.25, -0.2) is 0 Å². The van der Waals surface area contributed by atoms with Crippen LogP contribution in [-0.4, -0.2) is 48.6 Å². The Morgan fingerprint density at radius 2 is 2.00 bits per heavy atom. The molecule has 4 rings (SSSR count). The molecule has 132 valence electrons. The van der Waals surface area contributed by atoms with Crippen molar-refractivity contribution in [3.8, 4) is 0 Å². The van der Waals surface area contributed by atoms with Gasteiger partial charge < -0.3 is 19.4 Å². The number of aryl methyl sites for hydroxylation is 1. The summed E-state index contributed by atoms with van der Waals surface area (Å²) in [5, 5.41) is 3.91. The molecule has 2 amide bonds. The van der Waals surface area contributed by atoms with Crippen molar-refractivity contribution in [2.45, 2.75) is 32.4 Å². The van der Waals surface area contributed by atoms with Crippen LogP contribution >= 0.6 is 0 Å². The number of likely N-dealkylation sites (tertiary alicyclic amines) is 1. The Balaban J connectivity index is 1.35. The van der Waals surface area contributed by atoms with Crippen molar-refractivity contribution in [1.82, 2.24) is 10.2 Å². The highest BCUT2D eigenvalue weighted by Crippen LogP contribution is 2.26. The summed E-state index contributed by atoms with van der Waals surface area (Å²) in [5.41, 5.74) is 1.56. The molecule has 0 radical (unpaired) electrons. The standard InChI is InChI=1S/C19H22N2O4/c1-11-7-13(10-24-11)19(23)21-8-14(9-21)20-18(22)17-12(2)15-5-3-4-6-16(15)25-17/h3-6,11,13-14H,7-10H2,1-2H3,(H,20,22). The SMILES string of the molecule is Cc1c(C(=O)NC2CN(C(=O)C3COC(C)C3)C2)oc2ccccc12. The Labute approximate surface area is 146 Å². The van der Waals surface area contributed by atoms with E-state index in [9.17, 15) is 9.59 Å². The first kappa shape index (κ1) is 16.1. The van der Waals surface area contributed by atoms with Crippen molar-refractivity contribution in [2.75, 3.05) is 19.7 Å². The number of nitrogens with one attached hydrogen (secondary N) is 1. The number of rotatable bonds is 3. The maximum Gasteiger partial charge on any atom is 0.287 e. The molecule has 0 bridgehead atoms. The second-order valence-electron chi connectivity index (χ2n) is 7.04. The summed E-state index contributed by atoms with van der Waals surface area (Å²) in [6.07, 6.45) is 0.937. The molecule has 3 heterocycles. The van der Waals surface area contributed by atoms with Gasteiger partial charge in [0.05, 0.1) is 24.7 Å². The number of benzene rings is 1. The lowest BCUT2D eigenvalue weighted by atomic mass is 10.0. The molecule has 1 aromatic carbocycles. The maximum absolute atomic E-state index is 12.5. The van der Waals surface area contributed by atoms with E-state index in [0.29, 0.717) is 31.0 Å². The number of furan rings is 1. The highest BCUT2D eigenvalue weighted by molar-refractivity contribution is 5.99. The molecule has 2 unspecified atom stereocenters. The van der Waals surface area contributed by atoms with Crippen LogP contribution in [0.25, 0.3) is 11.0 Å². The average Bonchev–Trinajstić information content (AvgIpc) is 3.14. The number of carbonyl (C=O) groups is 2. The quantitative estimate of drug-likeness (QED) is 0.927. The Morgan fingerprint density at radius 3 is 2.68 bits per heavy atom. The van der Waals surface area contributed by atoms with Gasteiger partial charge in [0.1, 0.15) is 5.58 Å². The molecule has 2 saturated heterocycles. The van der Waals surface area contributed by atoms with Crippen molar-refractivity contribution < 1.29 is 18.7 Å². The third kappa shape index (κ3) is 2.91. The molecular formula is C19H22N2O4. The largest absolute Gasteiger partial charge is 0.451 e. The smallest absolute Gasteiger partial charge is 0.287 e. The normalized spacial score (nSPS) is 23.7. The van der Waals surface area contributed by atoms with Crippen LogP contribution in [0.4, 0.5) is 0 Å². The van der Waals surface area contributed by atoms with Crippen molar-refractivity contribution in [2.24, 2.45) is 5.92 Å². The molecule has 1 aromatic heterocycles. The summed E-state index contributed by atoms with van der Waals surface area (Å²) in [5.74, 6) is 0.228. The van der Waals surface area contributed by atoms with E-state index in [-0.39, 0.29) is 29.9 Å². The van der Waals surface area contributed by atoms with Gasteiger partial charge in [-0.05, 0) is 26.3 Å². The molecule has 2 aliphatic heterocycles. The Kier molecular flexibility index (Phi) is 4.00.